The molecule has 0 radical (unpaired) electrons. The van der Waals surface area contributed by atoms with E-state index >= 15 is 0 Å². The third-order valence-corrected chi connectivity index (χ3v) is 6.58. The quantitative estimate of drug-likeness (QED) is 0.620. The number of hydrogen-bond acceptors (Lipinski definition) is 3. The van der Waals surface area contributed by atoms with Gasteiger partial charge >= 0.3 is 0 Å². The molecular weight excluding hydrogens is 346 g/mol. The summed E-state index contributed by atoms with van der Waals surface area (Å²) in [7, 11) is 0. The van der Waals surface area contributed by atoms with Crippen molar-refractivity contribution >= 4 is 16.3 Å². The Labute approximate surface area is 166 Å². The van der Waals surface area contributed by atoms with Gasteiger partial charge in [0.1, 0.15) is 13.2 Å². The third-order valence-electron chi connectivity index (χ3n) is 6.58. The number of benzene rings is 1. The van der Waals surface area contributed by atoms with E-state index in [0.29, 0.717) is 25.0 Å². The fourth-order valence-electron chi connectivity index (χ4n) is 5.29. The fourth-order valence-corrected chi connectivity index (χ4v) is 5.29. The first kappa shape index (κ1) is 17.5. The largest absolute Gasteiger partial charge is 0.486 e. The molecule has 5 rings (SSSR count). The van der Waals surface area contributed by atoms with Crippen molar-refractivity contribution in [2.75, 3.05) is 13.2 Å². The highest BCUT2D eigenvalue weighted by molar-refractivity contribution is 6.03. The average molecular weight is 373 g/mol. The number of pyridine rings is 1. The smallest absolute Gasteiger partial charge is 0.166 e. The molecule has 28 heavy (non-hydrogen) atoms. The monoisotopic (exact) mass is 373 g/mol. The van der Waals surface area contributed by atoms with Crippen LogP contribution >= 0.6 is 0 Å². The van der Waals surface area contributed by atoms with Gasteiger partial charge in [0.25, 0.3) is 0 Å². The molecule has 0 fully saturated rings. The second-order valence-corrected chi connectivity index (χ2v) is 8.62. The molecular formula is C25H27NO2. The normalized spacial score (nSPS) is 23.2. The van der Waals surface area contributed by atoms with Gasteiger partial charge < -0.3 is 9.47 Å². The van der Waals surface area contributed by atoms with Crippen molar-refractivity contribution in [2.24, 2.45) is 11.8 Å². The number of rotatable bonds is 2. The Balaban J connectivity index is 1.86. The summed E-state index contributed by atoms with van der Waals surface area (Å²) < 4.78 is 12.1. The number of hydrogen-bond donors (Lipinski definition) is 0. The summed E-state index contributed by atoms with van der Waals surface area (Å²) in [4.78, 5) is 4.92. The Kier molecular flexibility index (Phi) is 3.90. The van der Waals surface area contributed by atoms with E-state index in [9.17, 15) is 0 Å². The first-order valence-electron chi connectivity index (χ1n) is 10.3. The van der Waals surface area contributed by atoms with Gasteiger partial charge in [-0.3, -0.25) is 4.98 Å². The number of nitrogens with zero attached hydrogens (tertiary/aromatic N) is 1. The summed E-state index contributed by atoms with van der Waals surface area (Å²) in [5, 5.41) is 2.43. The van der Waals surface area contributed by atoms with Crippen molar-refractivity contribution < 1.29 is 9.47 Å². The predicted molar refractivity (Wildman–Crippen MR) is 114 cm³/mol. The highest BCUT2D eigenvalue weighted by atomic mass is 16.6. The van der Waals surface area contributed by atoms with Crippen LogP contribution in [0.15, 0.2) is 48.2 Å². The molecule has 3 aliphatic rings. The van der Waals surface area contributed by atoms with E-state index < -0.39 is 0 Å². The summed E-state index contributed by atoms with van der Waals surface area (Å²) in [6.45, 7) is 10.3. The Bertz CT molecular complexity index is 1060. The molecule has 2 aliphatic carbocycles. The van der Waals surface area contributed by atoms with E-state index in [1.165, 1.54) is 27.5 Å². The lowest BCUT2D eigenvalue weighted by molar-refractivity contribution is 0.169. The standard InChI is InChI=1S/C25H27NO2/c1-5-7-15(2)17-8-6-9-18-21(17)23-20-16(10-11-26-23)14-19-24(28-13-12-27-19)22(20)25(18,3)4/h5-7,9-11,14-15,17H,8,12-13H2,1-4H3. The molecule has 144 valence electrons. The van der Waals surface area contributed by atoms with Crippen molar-refractivity contribution in [3.05, 3.63) is 59.5 Å². The zero-order chi connectivity index (χ0) is 19.5. The third kappa shape index (κ3) is 2.32. The highest BCUT2D eigenvalue weighted by Crippen LogP contribution is 2.56. The summed E-state index contributed by atoms with van der Waals surface area (Å²) >= 11 is 0. The first-order valence-corrected chi connectivity index (χ1v) is 10.3. The molecule has 2 aromatic rings. The van der Waals surface area contributed by atoms with Crippen LogP contribution < -0.4 is 9.47 Å². The van der Waals surface area contributed by atoms with Crippen LogP contribution in [0.25, 0.3) is 16.3 Å². The lowest BCUT2D eigenvalue weighted by atomic mass is 9.63. The Morgan fingerprint density at radius 3 is 2.89 bits per heavy atom. The maximum atomic E-state index is 6.16. The van der Waals surface area contributed by atoms with Crippen molar-refractivity contribution in [1.82, 2.24) is 4.98 Å². The Hall–Kier alpha value is -2.55. The molecule has 2 unspecified atom stereocenters. The fraction of sp³-hybridized carbons (Fsp3) is 0.400. The molecule has 3 nitrogen and oxygen atoms in total. The van der Waals surface area contributed by atoms with Crippen molar-refractivity contribution in [1.29, 1.82) is 0 Å². The number of allylic oxidation sites excluding steroid dienone is 6. The van der Waals surface area contributed by atoms with Gasteiger partial charge in [0.2, 0.25) is 0 Å². The lowest BCUT2D eigenvalue weighted by Gasteiger charge is -2.42. The van der Waals surface area contributed by atoms with Gasteiger partial charge in [-0.2, -0.15) is 0 Å². The van der Waals surface area contributed by atoms with E-state index in [1.807, 2.05) is 6.20 Å². The second kappa shape index (κ2) is 6.23. The molecule has 0 saturated heterocycles. The first-order chi connectivity index (χ1) is 13.5. The SMILES string of the molecule is CC=CC(C)C1CC=CC2=C1c1nccc3cc4c(c(c13)C2(C)C)OCCO4. The van der Waals surface area contributed by atoms with Crippen LogP contribution in [0.2, 0.25) is 0 Å². The van der Waals surface area contributed by atoms with E-state index in [0.717, 1.165) is 23.6 Å². The second-order valence-electron chi connectivity index (χ2n) is 8.62. The maximum absolute atomic E-state index is 6.16. The minimum atomic E-state index is -0.166. The van der Waals surface area contributed by atoms with Crippen molar-refractivity contribution in [2.45, 2.75) is 39.5 Å². The zero-order valence-electron chi connectivity index (χ0n) is 17.1. The maximum Gasteiger partial charge on any atom is 0.166 e. The molecule has 3 heteroatoms. The molecule has 0 spiro atoms. The van der Waals surface area contributed by atoms with Crippen molar-refractivity contribution in [3.63, 3.8) is 0 Å². The van der Waals surface area contributed by atoms with Crippen LogP contribution in [0.1, 0.15) is 45.4 Å². The molecule has 2 atom stereocenters. The van der Waals surface area contributed by atoms with E-state index in [4.69, 9.17) is 14.5 Å². The predicted octanol–water partition coefficient (Wildman–Crippen LogP) is 5.84. The highest BCUT2D eigenvalue weighted by Gasteiger charge is 2.42. The molecule has 0 saturated carbocycles. The minimum Gasteiger partial charge on any atom is -0.486 e. The van der Waals surface area contributed by atoms with Gasteiger partial charge in [-0.25, -0.2) is 0 Å². The summed E-state index contributed by atoms with van der Waals surface area (Å²) in [5.74, 6) is 2.67. The number of ether oxygens (including phenoxy) is 2. The van der Waals surface area contributed by atoms with Crippen LogP contribution in [-0.2, 0) is 5.41 Å². The average Bonchev–Trinajstić information content (AvgIpc) is 2.70. The van der Waals surface area contributed by atoms with Gasteiger partial charge in [-0.1, -0.05) is 45.1 Å². The Morgan fingerprint density at radius 2 is 2.07 bits per heavy atom. The van der Waals surface area contributed by atoms with Gasteiger partial charge in [0.05, 0.1) is 5.69 Å². The number of aromatic nitrogens is 1. The van der Waals surface area contributed by atoms with Gasteiger partial charge in [-0.15, -0.1) is 0 Å². The van der Waals surface area contributed by atoms with Crippen molar-refractivity contribution in [3.8, 4) is 11.5 Å². The zero-order valence-corrected chi connectivity index (χ0v) is 17.1. The molecule has 0 amide bonds. The van der Waals surface area contributed by atoms with E-state index in [-0.39, 0.29) is 5.41 Å². The number of fused-ring (bicyclic) bond motifs is 3. The topological polar surface area (TPSA) is 31.4 Å². The molecule has 2 heterocycles. The van der Waals surface area contributed by atoms with Crippen LogP contribution in [-0.4, -0.2) is 18.2 Å². The molecule has 1 aromatic carbocycles. The van der Waals surface area contributed by atoms with Crippen LogP contribution in [0.5, 0.6) is 11.5 Å². The lowest BCUT2D eigenvalue weighted by Crippen LogP contribution is -2.31. The molecule has 1 aromatic heterocycles. The molecule has 1 aliphatic heterocycles. The Morgan fingerprint density at radius 1 is 1.25 bits per heavy atom. The van der Waals surface area contributed by atoms with E-state index in [2.05, 4.69) is 64.1 Å². The summed E-state index contributed by atoms with van der Waals surface area (Å²) in [5.41, 5.74) is 4.97. The minimum absolute atomic E-state index is 0.166. The summed E-state index contributed by atoms with van der Waals surface area (Å²) in [6.07, 6.45) is 12.1. The van der Waals surface area contributed by atoms with Gasteiger partial charge in [0, 0.05) is 22.6 Å². The molecule has 0 bridgehead atoms. The van der Waals surface area contributed by atoms with Gasteiger partial charge in [0.15, 0.2) is 11.5 Å². The van der Waals surface area contributed by atoms with Crippen LogP contribution in [0.3, 0.4) is 0 Å². The summed E-state index contributed by atoms with van der Waals surface area (Å²) in [6, 6.07) is 4.23. The van der Waals surface area contributed by atoms with Crippen LogP contribution in [0.4, 0.5) is 0 Å². The van der Waals surface area contributed by atoms with Crippen LogP contribution in [0, 0.1) is 11.8 Å². The van der Waals surface area contributed by atoms with Gasteiger partial charge in [-0.05, 0) is 53.8 Å². The molecule has 0 N–H and O–H groups in total. The van der Waals surface area contributed by atoms with E-state index in [1.54, 1.807) is 0 Å².